The summed E-state index contributed by atoms with van der Waals surface area (Å²) in [6.07, 6.45) is 8.14. The highest BCUT2D eigenvalue weighted by molar-refractivity contribution is 14.1. The van der Waals surface area contributed by atoms with Crippen molar-refractivity contribution < 1.29 is 9.53 Å². The van der Waals surface area contributed by atoms with E-state index in [0.717, 1.165) is 25.7 Å². The van der Waals surface area contributed by atoms with Crippen LogP contribution in [-0.4, -0.2) is 18.0 Å². The lowest BCUT2D eigenvalue weighted by Gasteiger charge is -2.13. The molecule has 1 heterocycles. The van der Waals surface area contributed by atoms with Crippen LogP contribution in [0.5, 0.6) is 5.75 Å². The van der Waals surface area contributed by atoms with Crippen LogP contribution in [0.1, 0.15) is 18.1 Å². The second-order valence-electron chi connectivity index (χ2n) is 5.98. The third-order valence-corrected chi connectivity index (χ3v) is 6.43. The normalized spacial score (nSPS) is 17.3. The quantitative estimate of drug-likeness (QED) is 0.285. The van der Waals surface area contributed by atoms with Crippen molar-refractivity contribution in [1.29, 1.82) is 0 Å². The molecule has 2 aromatic rings. The van der Waals surface area contributed by atoms with Crippen molar-refractivity contribution in [2.75, 3.05) is 11.9 Å². The minimum atomic E-state index is -0.202. The highest BCUT2D eigenvalue weighted by atomic mass is 127. The Morgan fingerprint density at radius 2 is 2.14 bits per heavy atom. The monoisotopic (exact) mass is 568 g/mol. The average Bonchev–Trinajstić information content (AvgIpc) is 3.00. The van der Waals surface area contributed by atoms with Gasteiger partial charge >= 0.3 is 0 Å². The van der Waals surface area contributed by atoms with E-state index in [1.165, 1.54) is 17.3 Å². The van der Waals surface area contributed by atoms with Gasteiger partial charge in [0, 0.05) is 5.69 Å². The fraction of sp³-hybridized carbons (Fsp3) is 0.190. The third kappa shape index (κ3) is 5.25. The Balaban J connectivity index is 1.72. The Hall–Kier alpha value is -1.63. The fourth-order valence-corrected chi connectivity index (χ4v) is 5.37. The molecule has 1 aliphatic rings. The van der Waals surface area contributed by atoms with Crippen molar-refractivity contribution in [3.05, 3.63) is 60.5 Å². The number of halogens is 2. The Bertz CT molecular complexity index is 931. The van der Waals surface area contributed by atoms with Gasteiger partial charge in [0.1, 0.15) is 12.4 Å². The van der Waals surface area contributed by atoms with E-state index in [9.17, 15) is 4.79 Å². The summed E-state index contributed by atoms with van der Waals surface area (Å²) in [6.45, 7) is 2.33. The van der Waals surface area contributed by atoms with Crippen molar-refractivity contribution in [3.63, 3.8) is 0 Å². The summed E-state index contributed by atoms with van der Waals surface area (Å²) in [5.74, 6) is 3.08. The van der Waals surface area contributed by atoms with Crippen molar-refractivity contribution in [1.82, 2.24) is 5.32 Å². The zero-order valence-corrected chi connectivity index (χ0v) is 19.7. The number of hydrogen-bond acceptors (Lipinski definition) is 4. The first kappa shape index (κ1) is 21.1. The van der Waals surface area contributed by atoms with E-state index in [2.05, 4.69) is 74.1 Å². The Kier molecular flexibility index (Phi) is 7.32. The van der Waals surface area contributed by atoms with Crippen LogP contribution in [0.25, 0.3) is 6.08 Å². The first-order valence-corrected chi connectivity index (χ1v) is 11.3. The molecule has 1 amide bonds. The van der Waals surface area contributed by atoms with E-state index in [1.807, 2.05) is 30.3 Å². The number of terminal acetylenes is 1. The highest BCUT2D eigenvalue weighted by Gasteiger charge is 2.27. The molecule has 0 spiro atoms. The molecule has 2 N–H and O–H groups in total. The predicted molar refractivity (Wildman–Crippen MR) is 128 cm³/mol. The number of ether oxygens (including phenoxy) is 1. The lowest BCUT2D eigenvalue weighted by atomic mass is 10.1. The molecule has 0 unspecified atom stereocenters. The second kappa shape index (κ2) is 9.72. The first-order valence-electron chi connectivity index (χ1n) is 8.60. The van der Waals surface area contributed by atoms with Gasteiger partial charge in [0.15, 0.2) is 5.50 Å². The maximum Gasteiger partial charge on any atom is 0.260 e. The molecule has 0 saturated carbocycles. The molecule has 2 aromatic carbocycles. The van der Waals surface area contributed by atoms with Crippen molar-refractivity contribution in [3.8, 4) is 18.1 Å². The zero-order chi connectivity index (χ0) is 20.1. The molecule has 144 valence electrons. The van der Waals surface area contributed by atoms with Gasteiger partial charge in [0.2, 0.25) is 0 Å². The van der Waals surface area contributed by atoms with Gasteiger partial charge in [-0.2, -0.15) is 0 Å². The molecule has 0 radical (unpaired) electrons. The van der Waals surface area contributed by atoms with Crippen LogP contribution in [-0.2, 0) is 11.2 Å². The first-order chi connectivity index (χ1) is 13.5. The molecule has 0 aromatic heterocycles. The summed E-state index contributed by atoms with van der Waals surface area (Å²) in [7, 11) is 0. The summed E-state index contributed by atoms with van der Waals surface area (Å²) in [6, 6.07) is 12.1. The molecule has 4 nitrogen and oxygen atoms in total. The molecular formula is C21H18BrIN2O2S. The zero-order valence-electron chi connectivity index (χ0n) is 15.1. The number of thioether (sulfide) groups is 1. The highest BCUT2D eigenvalue weighted by Crippen LogP contribution is 2.35. The molecule has 7 heteroatoms. The van der Waals surface area contributed by atoms with Gasteiger partial charge in [-0.05, 0) is 86.4 Å². The van der Waals surface area contributed by atoms with E-state index in [0.29, 0.717) is 10.7 Å². The number of carbonyl (C=O) groups is 1. The van der Waals surface area contributed by atoms with Crippen LogP contribution < -0.4 is 15.4 Å². The fourth-order valence-electron chi connectivity index (χ4n) is 2.62. The maximum absolute atomic E-state index is 12.4. The maximum atomic E-state index is 12.4. The van der Waals surface area contributed by atoms with Gasteiger partial charge in [-0.15, -0.1) is 6.42 Å². The molecule has 1 fully saturated rings. The van der Waals surface area contributed by atoms with Gasteiger partial charge in [-0.25, -0.2) is 0 Å². The number of benzene rings is 2. The predicted octanol–water partition coefficient (Wildman–Crippen LogP) is 5.23. The molecule has 28 heavy (non-hydrogen) atoms. The molecule has 1 aliphatic heterocycles. The Morgan fingerprint density at radius 3 is 2.79 bits per heavy atom. The molecular weight excluding hydrogens is 551 g/mol. The average molecular weight is 569 g/mol. The summed E-state index contributed by atoms with van der Waals surface area (Å²) in [4.78, 5) is 13.0. The third-order valence-electron chi connectivity index (χ3n) is 4.01. The van der Waals surface area contributed by atoms with E-state index >= 15 is 0 Å². The number of nitrogens with one attached hydrogen (secondary N) is 2. The summed E-state index contributed by atoms with van der Waals surface area (Å²) < 4.78 is 7.28. The van der Waals surface area contributed by atoms with E-state index in [1.54, 1.807) is 0 Å². The van der Waals surface area contributed by atoms with Gasteiger partial charge in [0.25, 0.3) is 5.91 Å². The topological polar surface area (TPSA) is 50.4 Å². The smallest absolute Gasteiger partial charge is 0.260 e. The van der Waals surface area contributed by atoms with Crippen molar-refractivity contribution >= 4 is 68.0 Å². The lowest BCUT2D eigenvalue weighted by molar-refractivity contribution is -0.116. The largest absolute Gasteiger partial charge is 0.479 e. The van der Waals surface area contributed by atoms with Crippen molar-refractivity contribution in [2.45, 2.75) is 18.8 Å². The minimum absolute atomic E-state index is 0.0912. The molecule has 3 rings (SSSR count). The summed E-state index contributed by atoms with van der Waals surface area (Å²) in [5, 5.41) is 6.29. The molecule has 0 bridgehead atoms. The van der Waals surface area contributed by atoms with Crippen LogP contribution in [0.3, 0.4) is 0 Å². The van der Waals surface area contributed by atoms with Gasteiger partial charge in [-0.1, -0.05) is 36.7 Å². The van der Waals surface area contributed by atoms with Crippen molar-refractivity contribution in [2.24, 2.45) is 0 Å². The van der Waals surface area contributed by atoms with Crippen LogP contribution >= 0.6 is 50.3 Å². The van der Waals surface area contributed by atoms with Gasteiger partial charge in [0.05, 0.1) is 12.9 Å². The van der Waals surface area contributed by atoms with Crippen LogP contribution in [0, 0.1) is 15.9 Å². The number of carbonyl (C=O) groups excluding carboxylic acids is 1. The molecule has 0 aliphatic carbocycles. The van der Waals surface area contributed by atoms with Gasteiger partial charge < -0.3 is 15.4 Å². The minimum Gasteiger partial charge on any atom is -0.479 e. The number of amides is 1. The standard InChI is InChI=1S/C21H18BrIN2O2S/c1-3-9-27-19-16(22)10-14(11-17(19)23)12-18-20(26)25-21(28-18)24-15-7-5-13(4-2)6-8-15/h1,5-8,10-12,21,24H,4,9H2,2H3,(H,25,26)/b18-12-/t21-/m1/s1. The van der Waals surface area contributed by atoms with Crippen LogP contribution in [0.2, 0.25) is 0 Å². The molecule has 1 atom stereocenters. The number of hydrogen-bond donors (Lipinski definition) is 2. The van der Waals surface area contributed by atoms with Crippen LogP contribution in [0.4, 0.5) is 5.69 Å². The van der Waals surface area contributed by atoms with E-state index in [4.69, 9.17) is 11.2 Å². The number of rotatable bonds is 6. The summed E-state index contributed by atoms with van der Waals surface area (Å²) >= 11 is 7.17. The second-order valence-corrected chi connectivity index (χ2v) is 9.14. The molecule has 1 saturated heterocycles. The lowest BCUT2D eigenvalue weighted by Crippen LogP contribution is -2.30. The van der Waals surface area contributed by atoms with Gasteiger partial charge in [-0.3, -0.25) is 4.79 Å². The number of aryl methyl sites for hydroxylation is 1. The SMILES string of the molecule is C#CCOc1c(Br)cc(/C=C2\S[C@H](Nc3ccc(CC)cc3)NC2=O)cc1I. The van der Waals surface area contributed by atoms with E-state index < -0.39 is 0 Å². The van der Waals surface area contributed by atoms with Crippen LogP contribution in [0.15, 0.2) is 45.8 Å². The van der Waals surface area contributed by atoms with E-state index in [-0.39, 0.29) is 18.0 Å². The number of anilines is 1. The summed E-state index contributed by atoms with van der Waals surface area (Å²) in [5.41, 5.74) is 2.97. The Labute approximate surface area is 191 Å². The Morgan fingerprint density at radius 1 is 1.39 bits per heavy atom.